The van der Waals surface area contributed by atoms with Gasteiger partial charge in [-0.1, -0.05) is 200 Å². The van der Waals surface area contributed by atoms with Crippen LogP contribution in [0.5, 0.6) is 0 Å². The zero-order chi connectivity index (χ0) is 43.6. The minimum Gasteiger partial charge on any atom is -0.310 e. The van der Waals surface area contributed by atoms with E-state index in [0.29, 0.717) is 0 Å². The Labute approximate surface area is 383 Å². The van der Waals surface area contributed by atoms with Crippen LogP contribution in [-0.4, -0.2) is 4.57 Å². The average molecular weight is 839 g/mol. The van der Waals surface area contributed by atoms with E-state index in [-0.39, 0.29) is 0 Å². The van der Waals surface area contributed by atoms with Crippen molar-refractivity contribution in [2.45, 2.75) is 0 Å². The molecule has 0 aliphatic carbocycles. The van der Waals surface area contributed by atoms with E-state index < -0.39 is 0 Å². The number of rotatable bonds is 7. The lowest BCUT2D eigenvalue weighted by Crippen LogP contribution is -2.11. The van der Waals surface area contributed by atoms with Gasteiger partial charge >= 0.3 is 0 Å². The molecule has 2 heteroatoms. The van der Waals surface area contributed by atoms with Gasteiger partial charge in [-0.25, -0.2) is 0 Å². The molecule has 13 aromatic rings. The highest BCUT2D eigenvalue weighted by molar-refractivity contribution is 6.26. The van der Waals surface area contributed by atoms with E-state index in [1.807, 2.05) is 0 Å². The maximum atomic E-state index is 2.46. The zero-order valence-corrected chi connectivity index (χ0v) is 36.1. The van der Waals surface area contributed by atoms with E-state index in [0.717, 1.165) is 45.0 Å². The van der Waals surface area contributed by atoms with Crippen molar-refractivity contribution in [3.05, 3.63) is 255 Å². The predicted octanol–water partition coefficient (Wildman–Crippen LogP) is 17.9. The van der Waals surface area contributed by atoms with Crippen molar-refractivity contribution in [2.24, 2.45) is 0 Å². The highest BCUT2D eigenvalue weighted by Crippen LogP contribution is 2.46. The lowest BCUT2D eigenvalue weighted by molar-refractivity contribution is 1.19. The Morgan fingerprint density at radius 1 is 0.273 bits per heavy atom. The van der Waals surface area contributed by atoms with Crippen molar-refractivity contribution < 1.29 is 0 Å². The van der Waals surface area contributed by atoms with Crippen molar-refractivity contribution in [2.75, 3.05) is 4.90 Å². The van der Waals surface area contributed by atoms with E-state index >= 15 is 0 Å². The maximum Gasteiger partial charge on any atom is 0.0619 e. The van der Waals surface area contributed by atoms with Gasteiger partial charge in [-0.2, -0.15) is 0 Å². The Morgan fingerprint density at radius 3 is 1.55 bits per heavy atom. The van der Waals surface area contributed by atoms with Crippen LogP contribution in [0.3, 0.4) is 0 Å². The molecule has 0 N–H and O–H groups in total. The van der Waals surface area contributed by atoms with Crippen molar-refractivity contribution in [1.29, 1.82) is 0 Å². The third-order valence-electron chi connectivity index (χ3n) is 13.5. The molecule has 0 amide bonds. The van der Waals surface area contributed by atoms with Gasteiger partial charge in [-0.15, -0.1) is 0 Å². The SMILES string of the molecule is c1ccc(-c2cccc(N(c3ccc4c5ccccc5c5ccccc5c4c3)c3ccc(-c4cccc(-n5c6ccccc6c6ccc7ccccc7c65)c4)cc3-c3ccccc3)c2)cc1. The van der Waals surface area contributed by atoms with Gasteiger partial charge in [0.25, 0.3) is 0 Å². The summed E-state index contributed by atoms with van der Waals surface area (Å²) < 4.78 is 2.46. The molecule has 66 heavy (non-hydrogen) atoms. The minimum absolute atomic E-state index is 1.09. The molecule has 13 rings (SSSR count). The van der Waals surface area contributed by atoms with Crippen molar-refractivity contribution >= 4 is 82.0 Å². The monoisotopic (exact) mass is 838 g/mol. The number of fused-ring (bicyclic) bond motifs is 11. The topological polar surface area (TPSA) is 8.17 Å². The van der Waals surface area contributed by atoms with Crippen LogP contribution in [0.25, 0.3) is 104 Å². The molecule has 1 heterocycles. The number of aromatic nitrogens is 1. The summed E-state index contributed by atoms with van der Waals surface area (Å²) >= 11 is 0. The molecule has 0 bridgehead atoms. The minimum atomic E-state index is 1.09. The second-order valence-corrected chi connectivity index (χ2v) is 17.3. The van der Waals surface area contributed by atoms with Crippen LogP contribution >= 0.6 is 0 Å². The van der Waals surface area contributed by atoms with Crippen LogP contribution in [-0.2, 0) is 0 Å². The number of hydrogen-bond acceptors (Lipinski definition) is 1. The molecule has 0 saturated carbocycles. The molecular weight excluding hydrogens is 797 g/mol. The Kier molecular flexibility index (Phi) is 8.89. The third-order valence-corrected chi connectivity index (χ3v) is 13.5. The van der Waals surface area contributed by atoms with Crippen LogP contribution in [0.15, 0.2) is 255 Å². The molecule has 0 saturated heterocycles. The molecule has 12 aromatic carbocycles. The maximum absolute atomic E-state index is 2.46. The Hall–Kier alpha value is -8.72. The van der Waals surface area contributed by atoms with Gasteiger partial charge < -0.3 is 9.47 Å². The lowest BCUT2D eigenvalue weighted by atomic mass is 9.93. The van der Waals surface area contributed by atoms with E-state index in [9.17, 15) is 0 Å². The fraction of sp³-hybridized carbons (Fsp3) is 0. The highest BCUT2D eigenvalue weighted by Gasteiger charge is 2.21. The van der Waals surface area contributed by atoms with Crippen LogP contribution in [0.4, 0.5) is 17.1 Å². The summed E-state index contributed by atoms with van der Waals surface area (Å²) in [6, 6.07) is 93.4. The average Bonchev–Trinajstić information content (AvgIpc) is 3.74. The fourth-order valence-corrected chi connectivity index (χ4v) is 10.5. The summed E-state index contributed by atoms with van der Waals surface area (Å²) in [4.78, 5) is 2.46. The second-order valence-electron chi connectivity index (χ2n) is 17.3. The van der Waals surface area contributed by atoms with Gasteiger partial charge in [0, 0.05) is 38.8 Å². The Morgan fingerprint density at radius 2 is 0.803 bits per heavy atom. The number of nitrogens with zero attached hydrogens (tertiary/aromatic N) is 2. The van der Waals surface area contributed by atoms with Crippen molar-refractivity contribution in [1.82, 2.24) is 4.57 Å². The first-order valence-electron chi connectivity index (χ1n) is 22.8. The molecule has 2 nitrogen and oxygen atoms in total. The summed E-state index contributed by atoms with van der Waals surface area (Å²) in [5.74, 6) is 0. The van der Waals surface area contributed by atoms with Gasteiger partial charge in [-0.3, -0.25) is 0 Å². The first-order valence-corrected chi connectivity index (χ1v) is 22.8. The molecule has 0 radical (unpaired) electrons. The summed E-state index contributed by atoms with van der Waals surface area (Å²) in [6.07, 6.45) is 0. The number of anilines is 3. The molecule has 0 atom stereocenters. The molecule has 0 aliphatic rings. The summed E-state index contributed by atoms with van der Waals surface area (Å²) in [5.41, 5.74) is 13.8. The third kappa shape index (κ3) is 6.18. The number of para-hydroxylation sites is 1. The quantitative estimate of drug-likeness (QED) is 0.145. The summed E-state index contributed by atoms with van der Waals surface area (Å²) in [7, 11) is 0. The summed E-state index contributed by atoms with van der Waals surface area (Å²) in [5, 5.41) is 12.5. The van der Waals surface area contributed by atoms with Crippen molar-refractivity contribution in [3.63, 3.8) is 0 Å². The number of benzene rings is 12. The van der Waals surface area contributed by atoms with E-state index in [1.54, 1.807) is 0 Å². The smallest absolute Gasteiger partial charge is 0.0619 e. The molecular formula is C64H42N2. The molecule has 1 aromatic heterocycles. The van der Waals surface area contributed by atoms with Crippen LogP contribution in [0.2, 0.25) is 0 Å². The van der Waals surface area contributed by atoms with Gasteiger partial charge in [-0.05, 0) is 120 Å². The first-order chi connectivity index (χ1) is 32.7. The largest absolute Gasteiger partial charge is 0.310 e. The fourth-order valence-electron chi connectivity index (χ4n) is 10.5. The normalized spacial score (nSPS) is 11.6. The van der Waals surface area contributed by atoms with Gasteiger partial charge in [0.15, 0.2) is 0 Å². The second kappa shape index (κ2) is 15.5. The van der Waals surface area contributed by atoms with Crippen LogP contribution < -0.4 is 4.90 Å². The molecule has 0 unspecified atom stereocenters. The van der Waals surface area contributed by atoms with Crippen LogP contribution in [0, 0.1) is 0 Å². The van der Waals surface area contributed by atoms with Crippen molar-refractivity contribution in [3.8, 4) is 39.1 Å². The van der Waals surface area contributed by atoms with Gasteiger partial charge in [0.1, 0.15) is 0 Å². The standard InChI is InChI=1S/C64H42N2/c1-3-17-43(18-4-1)46-22-15-24-49(39-46)65(51-35-37-57-55-29-10-9-27-53(55)54-28-11-12-30-56(54)61(57)42-51)63-38-34-48(41-60(63)44-19-5-2-6-20-44)47-23-16-25-50(40-47)66-62-32-14-13-31-58(62)59-36-33-45-21-7-8-26-52(45)64(59)66/h1-42H. The van der Waals surface area contributed by atoms with E-state index in [1.165, 1.54) is 76.0 Å². The number of hydrogen-bond donors (Lipinski definition) is 0. The van der Waals surface area contributed by atoms with Crippen LogP contribution in [0.1, 0.15) is 0 Å². The Bertz CT molecular complexity index is 3960. The first kappa shape index (κ1) is 37.8. The van der Waals surface area contributed by atoms with E-state index in [4.69, 9.17) is 0 Å². The van der Waals surface area contributed by atoms with Gasteiger partial charge in [0.05, 0.1) is 16.7 Å². The molecule has 0 fully saturated rings. The molecule has 0 spiro atoms. The highest BCUT2D eigenvalue weighted by atomic mass is 15.1. The predicted molar refractivity (Wildman–Crippen MR) is 282 cm³/mol. The molecule has 0 aliphatic heterocycles. The zero-order valence-electron chi connectivity index (χ0n) is 36.1. The van der Waals surface area contributed by atoms with E-state index in [2.05, 4.69) is 264 Å². The summed E-state index contributed by atoms with van der Waals surface area (Å²) in [6.45, 7) is 0. The lowest BCUT2D eigenvalue weighted by Gasteiger charge is -2.29. The Balaban J connectivity index is 1.03. The molecule has 308 valence electrons. The van der Waals surface area contributed by atoms with Gasteiger partial charge in [0.2, 0.25) is 0 Å².